The Labute approximate surface area is 110 Å². The lowest BCUT2D eigenvalue weighted by Gasteiger charge is -2.15. The van der Waals surface area contributed by atoms with Crippen molar-refractivity contribution in [2.24, 2.45) is 5.73 Å². The van der Waals surface area contributed by atoms with E-state index in [1.165, 1.54) is 0 Å². The largest absolute Gasteiger partial charge is 0.480 e. The van der Waals surface area contributed by atoms with Crippen LogP contribution in [0.25, 0.3) is 0 Å². The molecule has 6 heteroatoms. The molecule has 1 aromatic rings. The SMILES string of the molecule is NCC(Nc1cc(Br)ccc1I)C(=O)O. The monoisotopic (exact) mass is 384 g/mol. The van der Waals surface area contributed by atoms with E-state index in [-0.39, 0.29) is 6.54 Å². The van der Waals surface area contributed by atoms with Gasteiger partial charge in [-0.2, -0.15) is 0 Å². The van der Waals surface area contributed by atoms with Gasteiger partial charge in [-0.3, -0.25) is 0 Å². The Kier molecular flexibility index (Phi) is 4.81. The minimum atomic E-state index is -0.951. The van der Waals surface area contributed by atoms with Gasteiger partial charge in [0.15, 0.2) is 0 Å². The summed E-state index contributed by atoms with van der Waals surface area (Å²) in [6.45, 7) is 0.0535. The lowest BCUT2D eigenvalue weighted by atomic mass is 10.2. The molecular formula is C9H10BrIN2O2. The van der Waals surface area contributed by atoms with Gasteiger partial charge in [-0.1, -0.05) is 15.9 Å². The van der Waals surface area contributed by atoms with Crippen LogP contribution in [0.15, 0.2) is 22.7 Å². The number of aliphatic carboxylic acids is 1. The van der Waals surface area contributed by atoms with E-state index in [1.807, 2.05) is 18.2 Å². The molecule has 0 aliphatic carbocycles. The normalized spacial score (nSPS) is 12.2. The molecule has 4 nitrogen and oxygen atoms in total. The topological polar surface area (TPSA) is 75.3 Å². The van der Waals surface area contributed by atoms with E-state index >= 15 is 0 Å². The number of carboxylic acid groups (broad SMARTS) is 1. The Morgan fingerprint density at radius 3 is 2.87 bits per heavy atom. The van der Waals surface area contributed by atoms with Crippen LogP contribution in [0.1, 0.15) is 0 Å². The van der Waals surface area contributed by atoms with Crippen LogP contribution in [0.4, 0.5) is 5.69 Å². The van der Waals surface area contributed by atoms with Crippen molar-refractivity contribution in [3.63, 3.8) is 0 Å². The van der Waals surface area contributed by atoms with Gasteiger partial charge in [0.1, 0.15) is 6.04 Å². The maximum atomic E-state index is 10.8. The number of hydrogen-bond donors (Lipinski definition) is 3. The van der Waals surface area contributed by atoms with Gasteiger partial charge in [0, 0.05) is 20.3 Å². The van der Waals surface area contributed by atoms with Crippen molar-refractivity contribution in [2.75, 3.05) is 11.9 Å². The number of carboxylic acids is 1. The molecule has 1 rings (SSSR count). The molecule has 1 aromatic carbocycles. The molecule has 0 saturated heterocycles. The summed E-state index contributed by atoms with van der Waals surface area (Å²) in [5.74, 6) is -0.951. The van der Waals surface area contributed by atoms with Crippen molar-refractivity contribution >= 4 is 50.2 Å². The summed E-state index contributed by atoms with van der Waals surface area (Å²) in [7, 11) is 0. The van der Waals surface area contributed by atoms with Gasteiger partial charge in [0.25, 0.3) is 0 Å². The third-order valence-electron chi connectivity index (χ3n) is 1.79. The molecule has 0 saturated carbocycles. The van der Waals surface area contributed by atoms with E-state index < -0.39 is 12.0 Å². The maximum absolute atomic E-state index is 10.8. The Hall–Kier alpha value is -0.340. The van der Waals surface area contributed by atoms with Gasteiger partial charge in [0.05, 0.1) is 0 Å². The summed E-state index contributed by atoms with van der Waals surface area (Å²) < 4.78 is 1.85. The van der Waals surface area contributed by atoms with Crippen LogP contribution in [0.3, 0.4) is 0 Å². The van der Waals surface area contributed by atoms with Gasteiger partial charge >= 0.3 is 5.97 Å². The number of halogens is 2. The third-order valence-corrected chi connectivity index (χ3v) is 3.23. The molecule has 0 radical (unpaired) electrons. The first kappa shape index (κ1) is 12.7. The predicted molar refractivity (Wildman–Crippen MR) is 71.0 cm³/mol. The average Bonchev–Trinajstić information content (AvgIpc) is 2.18. The second-order valence-electron chi connectivity index (χ2n) is 2.90. The van der Waals surface area contributed by atoms with Crippen molar-refractivity contribution in [1.82, 2.24) is 0 Å². The number of rotatable bonds is 4. The highest BCUT2D eigenvalue weighted by Gasteiger charge is 2.15. The summed E-state index contributed by atoms with van der Waals surface area (Å²) in [5, 5.41) is 11.7. The predicted octanol–water partition coefficient (Wildman–Crippen LogP) is 1.88. The van der Waals surface area contributed by atoms with Crippen LogP contribution in [0, 0.1) is 3.57 Å². The van der Waals surface area contributed by atoms with E-state index in [0.29, 0.717) is 0 Å². The number of hydrogen-bond acceptors (Lipinski definition) is 3. The van der Waals surface area contributed by atoms with Crippen molar-refractivity contribution in [1.29, 1.82) is 0 Å². The fourth-order valence-electron chi connectivity index (χ4n) is 1.02. The van der Waals surface area contributed by atoms with E-state index in [2.05, 4.69) is 43.8 Å². The van der Waals surface area contributed by atoms with Gasteiger partial charge in [0.2, 0.25) is 0 Å². The number of anilines is 1. The summed E-state index contributed by atoms with van der Waals surface area (Å²) in [4.78, 5) is 10.8. The van der Waals surface area contributed by atoms with E-state index in [4.69, 9.17) is 10.8 Å². The fourth-order valence-corrected chi connectivity index (χ4v) is 1.87. The van der Waals surface area contributed by atoms with Crippen LogP contribution >= 0.6 is 38.5 Å². The van der Waals surface area contributed by atoms with Crippen molar-refractivity contribution in [2.45, 2.75) is 6.04 Å². The zero-order valence-corrected chi connectivity index (χ0v) is 11.4. The average molecular weight is 385 g/mol. The summed E-state index contributed by atoms with van der Waals surface area (Å²) in [5.41, 5.74) is 6.12. The fraction of sp³-hybridized carbons (Fsp3) is 0.222. The van der Waals surface area contributed by atoms with E-state index in [1.54, 1.807) is 0 Å². The molecule has 0 aliphatic heterocycles. The van der Waals surface area contributed by atoms with Crippen molar-refractivity contribution < 1.29 is 9.90 Å². The molecule has 0 spiro atoms. The number of benzene rings is 1. The molecule has 0 aromatic heterocycles. The summed E-state index contributed by atoms with van der Waals surface area (Å²) in [6, 6.07) is 4.86. The van der Waals surface area contributed by atoms with E-state index in [9.17, 15) is 4.79 Å². The second-order valence-corrected chi connectivity index (χ2v) is 4.97. The zero-order chi connectivity index (χ0) is 11.4. The first-order valence-corrected chi connectivity index (χ1v) is 6.06. The van der Waals surface area contributed by atoms with Crippen LogP contribution in [-0.2, 0) is 4.79 Å². The number of nitrogens with two attached hydrogens (primary N) is 1. The third kappa shape index (κ3) is 3.62. The molecular weight excluding hydrogens is 375 g/mol. The second kappa shape index (κ2) is 5.66. The van der Waals surface area contributed by atoms with Crippen LogP contribution in [0.5, 0.6) is 0 Å². The lowest BCUT2D eigenvalue weighted by Crippen LogP contribution is -2.36. The standard InChI is InChI=1S/C9H10BrIN2O2/c10-5-1-2-6(11)7(3-5)13-8(4-12)9(14)15/h1-3,8,13H,4,12H2,(H,14,15). The van der Waals surface area contributed by atoms with Gasteiger partial charge in [-0.25, -0.2) is 4.79 Å². The van der Waals surface area contributed by atoms with Crippen molar-refractivity contribution in [3.8, 4) is 0 Å². The van der Waals surface area contributed by atoms with Crippen LogP contribution in [-0.4, -0.2) is 23.7 Å². The molecule has 1 unspecified atom stereocenters. The first-order valence-electron chi connectivity index (χ1n) is 4.19. The molecule has 15 heavy (non-hydrogen) atoms. The Morgan fingerprint density at radius 1 is 1.67 bits per heavy atom. The minimum Gasteiger partial charge on any atom is -0.480 e. The zero-order valence-electron chi connectivity index (χ0n) is 7.71. The molecule has 82 valence electrons. The highest BCUT2D eigenvalue weighted by molar-refractivity contribution is 14.1. The summed E-state index contributed by atoms with van der Waals surface area (Å²) in [6.07, 6.45) is 0. The van der Waals surface area contributed by atoms with Gasteiger partial charge < -0.3 is 16.2 Å². The van der Waals surface area contributed by atoms with Gasteiger partial charge in [-0.15, -0.1) is 0 Å². The Balaban J connectivity index is 2.87. The molecule has 4 N–H and O–H groups in total. The molecule has 0 aliphatic rings. The van der Waals surface area contributed by atoms with Crippen molar-refractivity contribution in [3.05, 3.63) is 26.2 Å². The molecule has 0 heterocycles. The highest BCUT2D eigenvalue weighted by atomic mass is 127. The first-order chi connectivity index (χ1) is 7.04. The Bertz CT molecular complexity index is 373. The van der Waals surface area contributed by atoms with Gasteiger partial charge in [-0.05, 0) is 40.8 Å². The maximum Gasteiger partial charge on any atom is 0.327 e. The van der Waals surface area contributed by atoms with Crippen LogP contribution < -0.4 is 11.1 Å². The molecule has 0 bridgehead atoms. The molecule has 0 fully saturated rings. The Morgan fingerprint density at radius 2 is 2.33 bits per heavy atom. The number of carbonyl (C=O) groups is 1. The minimum absolute atomic E-state index is 0.0535. The quantitative estimate of drug-likeness (QED) is 0.693. The number of nitrogens with one attached hydrogen (secondary N) is 1. The van der Waals surface area contributed by atoms with E-state index in [0.717, 1.165) is 13.7 Å². The molecule has 1 atom stereocenters. The summed E-state index contributed by atoms with van der Waals surface area (Å²) >= 11 is 5.46. The van der Waals surface area contributed by atoms with Crippen LogP contribution in [0.2, 0.25) is 0 Å². The molecule has 0 amide bonds. The smallest absolute Gasteiger partial charge is 0.327 e. The highest BCUT2D eigenvalue weighted by Crippen LogP contribution is 2.23. The lowest BCUT2D eigenvalue weighted by molar-refractivity contribution is -0.137.